The first kappa shape index (κ1) is 25.8. The molecule has 0 spiro atoms. The number of aliphatic hydroxyl groups is 1. The van der Waals surface area contributed by atoms with E-state index in [-0.39, 0.29) is 29.9 Å². The number of rotatable bonds is 8. The average molecular weight is 505 g/mol. The molecule has 0 aliphatic carbocycles. The Morgan fingerprint density at radius 2 is 1.71 bits per heavy atom. The smallest absolute Gasteiger partial charge is 0.240 e. The SMILES string of the molecule is O=C(C[C@H]1CC[C@H](NS(=O)(=O)c2ccc(F)cc2)[C@H](CO)O1)N1CCC(Cc2ccccc2)CC1. The maximum atomic E-state index is 13.1. The lowest BCUT2D eigenvalue weighted by atomic mass is 9.90. The Bertz CT molecular complexity index is 1070. The third-order valence-electron chi connectivity index (χ3n) is 6.96. The summed E-state index contributed by atoms with van der Waals surface area (Å²) in [6.45, 7) is 1.09. The molecule has 35 heavy (non-hydrogen) atoms. The Morgan fingerprint density at radius 1 is 1.03 bits per heavy atom. The highest BCUT2D eigenvalue weighted by Crippen LogP contribution is 2.26. The van der Waals surface area contributed by atoms with Gasteiger partial charge in [0.1, 0.15) is 5.82 Å². The van der Waals surface area contributed by atoms with Gasteiger partial charge in [0.25, 0.3) is 0 Å². The second kappa shape index (κ2) is 11.6. The Labute approximate surface area is 206 Å². The number of halogens is 1. The molecule has 0 unspecified atom stereocenters. The zero-order chi connectivity index (χ0) is 24.8. The summed E-state index contributed by atoms with van der Waals surface area (Å²) in [5.41, 5.74) is 1.33. The van der Waals surface area contributed by atoms with E-state index in [0.717, 1.165) is 44.5 Å². The van der Waals surface area contributed by atoms with Gasteiger partial charge in [-0.2, -0.15) is 0 Å². The fourth-order valence-corrected chi connectivity index (χ4v) is 6.25. The monoisotopic (exact) mass is 504 g/mol. The number of carbonyl (C=O) groups is 1. The summed E-state index contributed by atoms with van der Waals surface area (Å²) in [7, 11) is -3.89. The zero-order valence-corrected chi connectivity index (χ0v) is 20.5. The summed E-state index contributed by atoms with van der Waals surface area (Å²) in [4.78, 5) is 14.7. The number of aliphatic hydroxyl groups excluding tert-OH is 1. The number of nitrogens with zero attached hydrogens (tertiary/aromatic N) is 1. The maximum Gasteiger partial charge on any atom is 0.240 e. The quantitative estimate of drug-likeness (QED) is 0.577. The number of benzene rings is 2. The average Bonchev–Trinajstić information content (AvgIpc) is 2.86. The van der Waals surface area contributed by atoms with Crippen molar-refractivity contribution in [1.82, 2.24) is 9.62 Å². The Hall–Kier alpha value is -2.33. The van der Waals surface area contributed by atoms with Crippen molar-refractivity contribution in [3.05, 3.63) is 66.0 Å². The highest BCUT2D eigenvalue weighted by Gasteiger charge is 2.35. The number of amides is 1. The number of likely N-dealkylation sites (tertiary alicyclic amines) is 1. The van der Waals surface area contributed by atoms with Crippen LogP contribution in [0.2, 0.25) is 0 Å². The number of hydrogen-bond acceptors (Lipinski definition) is 5. The lowest BCUT2D eigenvalue weighted by Crippen LogP contribution is -2.51. The lowest BCUT2D eigenvalue weighted by Gasteiger charge is -2.37. The van der Waals surface area contributed by atoms with Crippen molar-refractivity contribution in [2.24, 2.45) is 5.92 Å². The summed E-state index contributed by atoms with van der Waals surface area (Å²) >= 11 is 0. The van der Waals surface area contributed by atoms with Crippen LogP contribution in [-0.4, -0.2) is 62.3 Å². The molecule has 2 heterocycles. The van der Waals surface area contributed by atoms with E-state index in [0.29, 0.717) is 18.8 Å². The Balaban J connectivity index is 1.25. The minimum atomic E-state index is -3.89. The van der Waals surface area contributed by atoms with Gasteiger partial charge in [-0.05, 0) is 67.9 Å². The fraction of sp³-hybridized carbons (Fsp3) is 0.500. The van der Waals surface area contributed by atoms with Crippen molar-refractivity contribution in [1.29, 1.82) is 0 Å². The van der Waals surface area contributed by atoms with Crippen LogP contribution >= 0.6 is 0 Å². The summed E-state index contributed by atoms with van der Waals surface area (Å²) in [5.74, 6) is 0.0855. The Morgan fingerprint density at radius 3 is 2.37 bits per heavy atom. The maximum absolute atomic E-state index is 13.1. The molecular weight excluding hydrogens is 471 g/mol. The van der Waals surface area contributed by atoms with Gasteiger partial charge in [0, 0.05) is 13.1 Å². The van der Waals surface area contributed by atoms with Crippen LogP contribution < -0.4 is 4.72 Å². The van der Waals surface area contributed by atoms with Gasteiger partial charge in [-0.15, -0.1) is 0 Å². The van der Waals surface area contributed by atoms with Crippen molar-refractivity contribution < 1.29 is 27.4 Å². The number of sulfonamides is 1. The van der Waals surface area contributed by atoms with Gasteiger partial charge in [-0.25, -0.2) is 17.5 Å². The molecule has 190 valence electrons. The molecule has 2 aliphatic rings. The van der Waals surface area contributed by atoms with Crippen LogP contribution in [0.4, 0.5) is 4.39 Å². The van der Waals surface area contributed by atoms with E-state index < -0.39 is 28.0 Å². The van der Waals surface area contributed by atoms with E-state index in [2.05, 4.69) is 29.0 Å². The molecule has 2 aromatic rings. The van der Waals surface area contributed by atoms with E-state index in [1.165, 1.54) is 17.7 Å². The first-order valence-electron chi connectivity index (χ1n) is 12.2. The lowest BCUT2D eigenvalue weighted by molar-refractivity contribution is -0.141. The molecule has 2 N–H and O–H groups in total. The number of piperidine rings is 1. The molecule has 2 saturated heterocycles. The predicted octanol–water partition coefficient (Wildman–Crippen LogP) is 2.88. The molecule has 4 rings (SSSR count). The van der Waals surface area contributed by atoms with Gasteiger partial charge in [-0.1, -0.05) is 30.3 Å². The molecule has 0 saturated carbocycles. The van der Waals surface area contributed by atoms with E-state index in [9.17, 15) is 22.7 Å². The molecule has 0 radical (unpaired) electrons. The third-order valence-corrected chi connectivity index (χ3v) is 8.47. The first-order chi connectivity index (χ1) is 16.8. The number of hydrogen-bond donors (Lipinski definition) is 2. The zero-order valence-electron chi connectivity index (χ0n) is 19.7. The van der Waals surface area contributed by atoms with Gasteiger partial charge in [0.15, 0.2) is 0 Å². The van der Waals surface area contributed by atoms with Gasteiger partial charge >= 0.3 is 0 Å². The van der Waals surface area contributed by atoms with Crippen LogP contribution in [0.5, 0.6) is 0 Å². The van der Waals surface area contributed by atoms with Crippen LogP contribution in [-0.2, 0) is 26.0 Å². The summed E-state index contributed by atoms with van der Waals surface area (Å²) in [6.07, 6.45) is 3.00. The standard InChI is InChI=1S/C26H33FN2O5S/c27-21-6-9-23(10-7-21)35(32,33)28-24-11-8-22(34-25(24)18-30)17-26(31)29-14-12-20(13-15-29)16-19-4-2-1-3-5-19/h1-7,9-10,20,22,24-25,28,30H,8,11-18H2/t22-,24+,25+/m1/s1. The van der Waals surface area contributed by atoms with E-state index in [1.807, 2.05) is 11.0 Å². The summed E-state index contributed by atoms with van der Waals surface area (Å²) < 4.78 is 46.9. The molecule has 9 heteroatoms. The molecule has 2 aromatic carbocycles. The Kier molecular flexibility index (Phi) is 8.54. The van der Waals surface area contributed by atoms with Crippen LogP contribution in [0.15, 0.2) is 59.5 Å². The van der Waals surface area contributed by atoms with Gasteiger partial charge < -0.3 is 14.7 Å². The van der Waals surface area contributed by atoms with Crippen molar-refractivity contribution in [2.75, 3.05) is 19.7 Å². The van der Waals surface area contributed by atoms with E-state index in [1.54, 1.807) is 0 Å². The second-order valence-corrected chi connectivity index (χ2v) is 11.2. The normalized spacial score (nSPS) is 23.8. The number of nitrogens with one attached hydrogen (secondary N) is 1. The third kappa shape index (κ3) is 6.88. The molecular formula is C26H33FN2O5S. The van der Waals surface area contributed by atoms with Crippen LogP contribution in [0, 0.1) is 11.7 Å². The largest absolute Gasteiger partial charge is 0.394 e. The van der Waals surface area contributed by atoms with E-state index >= 15 is 0 Å². The number of carbonyl (C=O) groups excluding carboxylic acids is 1. The minimum absolute atomic E-state index is 0.0372. The topological polar surface area (TPSA) is 95.9 Å². The van der Waals surface area contributed by atoms with Crippen molar-refractivity contribution in [3.8, 4) is 0 Å². The highest BCUT2D eigenvalue weighted by atomic mass is 32.2. The van der Waals surface area contributed by atoms with Gasteiger partial charge in [-0.3, -0.25) is 4.79 Å². The van der Waals surface area contributed by atoms with Crippen LogP contribution in [0.1, 0.15) is 37.7 Å². The van der Waals surface area contributed by atoms with E-state index in [4.69, 9.17) is 4.74 Å². The molecule has 0 aromatic heterocycles. The minimum Gasteiger partial charge on any atom is -0.394 e. The molecule has 0 bridgehead atoms. The van der Waals surface area contributed by atoms with Gasteiger partial charge in [0.05, 0.1) is 36.2 Å². The van der Waals surface area contributed by atoms with Crippen molar-refractivity contribution >= 4 is 15.9 Å². The first-order valence-corrected chi connectivity index (χ1v) is 13.7. The van der Waals surface area contributed by atoms with Crippen molar-refractivity contribution in [2.45, 2.75) is 61.7 Å². The van der Waals surface area contributed by atoms with Gasteiger partial charge in [0.2, 0.25) is 15.9 Å². The van der Waals surface area contributed by atoms with Crippen LogP contribution in [0.3, 0.4) is 0 Å². The molecule has 2 fully saturated rings. The summed E-state index contributed by atoms with van der Waals surface area (Å²) in [5, 5.41) is 9.81. The fourth-order valence-electron chi connectivity index (χ4n) is 4.96. The second-order valence-electron chi connectivity index (χ2n) is 9.46. The molecule has 1 amide bonds. The highest BCUT2D eigenvalue weighted by molar-refractivity contribution is 7.89. The number of ether oxygens (including phenoxy) is 1. The van der Waals surface area contributed by atoms with Crippen molar-refractivity contribution in [3.63, 3.8) is 0 Å². The predicted molar refractivity (Wildman–Crippen MR) is 130 cm³/mol. The molecule has 3 atom stereocenters. The molecule has 2 aliphatic heterocycles. The molecule has 7 nitrogen and oxygen atoms in total. The summed E-state index contributed by atoms with van der Waals surface area (Å²) in [6, 6.07) is 14.3. The van der Waals surface area contributed by atoms with Crippen LogP contribution in [0.25, 0.3) is 0 Å².